The zero-order valence-electron chi connectivity index (χ0n) is 12.4. The number of aromatic amines is 1. The van der Waals surface area contributed by atoms with E-state index in [2.05, 4.69) is 9.97 Å². The van der Waals surface area contributed by atoms with E-state index in [0.29, 0.717) is 11.0 Å². The van der Waals surface area contributed by atoms with Gasteiger partial charge in [0.15, 0.2) is 0 Å². The molecule has 0 spiro atoms. The molecular weight excluding hydrogens is 290 g/mol. The molecule has 0 radical (unpaired) electrons. The molecule has 2 heterocycles. The third-order valence-electron chi connectivity index (χ3n) is 4.06. The Morgan fingerprint density at radius 3 is 2.61 bits per heavy atom. The number of hydrogen-bond donors (Lipinski definition) is 1. The molecule has 5 nitrogen and oxygen atoms in total. The van der Waals surface area contributed by atoms with Gasteiger partial charge in [-0.2, -0.15) is 0 Å². The first kappa shape index (κ1) is 13.5. The highest BCUT2D eigenvalue weighted by atomic mass is 16.2. The van der Waals surface area contributed by atoms with Gasteiger partial charge in [-0.1, -0.05) is 36.4 Å². The molecule has 0 fully saturated rings. The molecular formula is C18H13N3O2. The highest BCUT2D eigenvalue weighted by molar-refractivity contribution is 5.95. The van der Waals surface area contributed by atoms with Crippen LogP contribution in [0.4, 0.5) is 0 Å². The molecule has 0 unspecified atom stereocenters. The minimum Gasteiger partial charge on any atom is -0.281 e. The van der Waals surface area contributed by atoms with Crippen LogP contribution in [0.1, 0.15) is 0 Å². The van der Waals surface area contributed by atoms with Crippen molar-refractivity contribution >= 4 is 21.8 Å². The third kappa shape index (κ3) is 2.05. The average molecular weight is 303 g/mol. The van der Waals surface area contributed by atoms with Crippen molar-refractivity contribution in [3.8, 4) is 11.1 Å². The maximum Gasteiger partial charge on any atom is 0.329 e. The van der Waals surface area contributed by atoms with Gasteiger partial charge in [0.25, 0.3) is 5.56 Å². The molecule has 0 aliphatic heterocycles. The topological polar surface area (TPSA) is 67.8 Å². The summed E-state index contributed by atoms with van der Waals surface area (Å²) in [5, 5.41) is 2.65. The van der Waals surface area contributed by atoms with Crippen molar-refractivity contribution in [3.05, 3.63) is 75.6 Å². The van der Waals surface area contributed by atoms with Crippen LogP contribution in [-0.4, -0.2) is 14.5 Å². The Kier molecular flexibility index (Phi) is 2.87. The predicted octanol–water partition coefficient (Wildman–Crippen LogP) is 2.44. The summed E-state index contributed by atoms with van der Waals surface area (Å²) in [6, 6.07) is 15.9. The van der Waals surface area contributed by atoms with Gasteiger partial charge in [-0.15, -0.1) is 0 Å². The lowest BCUT2D eigenvalue weighted by Crippen LogP contribution is -2.29. The number of aromatic nitrogens is 3. The van der Waals surface area contributed by atoms with Crippen LogP contribution in [-0.2, 0) is 7.05 Å². The Morgan fingerprint density at radius 1 is 1.00 bits per heavy atom. The van der Waals surface area contributed by atoms with E-state index in [-0.39, 0.29) is 0 Å². The maximum atomic E-state index is 12.3. The molecule has 0 aliphatic rings. The summed E-state index contributed by atoms with van der Waals surface area (Å²) in [6.45, 7) is 0. The second-order valence-electron chi connectivity index (χ2n) is 5.44. The molecule has 2 aromatic heterocycles. The molecule has 2 aromatic carbocycles. The van der Waals surface area contributed by atoms with Crippen molar-refractivity contribution in [1.82, 2.24) is 14.5 Å². The van der Waals surface area contributed by atoms with Crippen molar-refractivity contribution in [2.24, 2.45) is 7.05 Å². The first-order valence-corrected chi connectivity index (χ1v) is 7.22. The summed E-state index contributed by atoms with van der Waals surface area (Å²) in [7, 11) is 1.60. The van der Waals surface area contributed by atoms with Gasteiger partial charge in [0.2, 0.25) is 0 Å². The van der Waals surface area contributed by atoms with Crippen molar-refractivity contribution in [2.75, 3.05) is 0 Å². The fourth-order valence-electron chi connectivity index (χ4n) is 2.87. The Labute approximate surface area is 130 Å². The first-order chi connectivity index (χ1) is 11.1. The largest absolute Gasteiger partial charge is 0.329 e. The van der Waals surface area contributed by atoms with E-state index in [1.165, 1.54) is 4.57 Å². The summed E-state index contributed by atoms with van der Waals surface area (Å²) >= 11 is 0. The fraction of sp³-hybridized carbons (Fsp3) is 0.0556. The third-order valence-corrected chi connectivity index (χ3v) is 4.06. The Bertz CT molecular complexity index is 1170. The van der Waals surface area contributed by atoms with Crippen molar-refractivity contribution in [2.45, 2.75) is 0 Å². The van der Waals surface area contributed by atoms with Gasteiger partial charge in [0, 0.05) is 13.2 Å². The van der Waals surface area contributed by atoms with Crippen LogP contribution in [0.5, 0.6) is 0 Å². The van der Waals surface area contributed by atoms with Gasteiger partial charge in [-0.3, -0.25) is 14.3 Å². The molecule has 1 N–H and O–H groups in total. The van der Waals surface area contributed by atoms with Crippen LogP contribution in [0, 0.1) is 0 Å². The van der Waals surface area contributed by atoms with Crippen molar-refractivity contribution in [3.63, 3.8) is 0 Å². The Hall–Kier alpha value is -3.21. The van der Waals surface area contributed by atoms with E-state index in [4.69, 9.17) is 0 Å². The number of hydrogen-bond acceptors (Lipinski definition) is 3. The van der Waals surface area contributed by atoms with Crippen molar-refractivity contribution < 1.29 is 0 Å². The summed E-state index contributed by atoms with van der Waals surface area (Å²) in [6.07, 6.45) is 1.62. The number of pyridine rings is 1. The van der Waals surface area contributed by atoms with Crippen LogP contribution in [0.15, 0.2) is 64.3 Å². The number of aryl methyl sites for hydroxylation is 1. The molecule has 112 valence electrons. The molecule has 0 atom stereocenters. The lowest BCUT2D eigenvalue weighted by molar-refractivity contribution is 0.829. The van der Waals surface area contributed by atoms with Gasteiger partial charge in [0.05, 0.1) is 5.39 Å². The molecule has 0 saturated carbocycles. The number of nitrogens with zero attached hydrogens (tertiary/aromatic N) is 2. The van der Waals surface area contributed by atoms with E-state index in [9.17, 15) is 9.59 Å². The highest BCUT2D eigenvalue weighted by Crippen LogP contribution is 2.27. The number of rotatable bonds is 1. The summed E-state index contributed by atoms with van der Waals surface area (Å²) in [5.74, 6) is 0. The lowest BCUT2D eigenvalue weighted by atomic mass is 10.00. The normalized spacial score (nSPS) is 11.2. The SMILES string of the molecule is Cn1c(=O)[nH]c(=O)c2c(-c3ccc4ccccc4c3)ccnc21. The fourth-order valence-corrected chi connectivity index (χ4v) is 2.87. The maximum absolute atomic E-state index is 12.3. The van der Waals surface area contributed by atoms with Crippen molar-refractivity contribution in [1.29, 1.82) is 0 Å². The van der Waals surface area contributed by atoms with Crippen LogP contribution in [0.3, 0.4) is 0 Å². The quantitative estimate of drug-likeness (QED) is 0.587. The zero-order chi connectivity index (χ0) is 16.0. The van der Waals surface area contributed by atoms with Crippen LogP contribution in [0.2, 0.25) is 0 Å². The lowest BCUT2D eigenvalue weighted by Gasteiger charge is -2.09. The average Bonchev–Trinajstić information content (AvgIpc) is 2.58. The molecule has 0 saturated heterocycles. The molecule has 0 aliphatic carbocycles. The monoisotopic (exact) mass is 303 g/mol. The van der Waals surface area contributed by atoms with E-state index in [1.807, 2.05) is 42.5 Å². The summed E-state index contributed by atoms with van der Waals surface area (Å²) in [4.78, 5) is 30.6. The first-order valence-electron chi connectivity index (χ1n) is 7.22. The zero-order valence-corrected chi connectivity index (χ0v) is 12.4. The van der Waals surface area contributed by atoms with Crippen LogP contribution < -0.4 is 11.2 Å². The van der Waals surface area contributed by atoms with E-state index in [1.54, 1.807) is 19.3 Å². The number of nitrogens with one attached hydrogen (secondary N) is 1. The van der Waals surface area contributed by atoms with Gasteiger partial charge in [0.1, 0.15) is 5.65 Å². The van der Waals surface area contributed by atoms with E-state index in [0.717, 1.165) is 21.9 Å². The minimum atomic E-state index is -0.467. The number of H-pyrrole nitrogens is 1. The van der Waals surface area contributed by atoms with Gasteiger partial charge < -0.3 is 0 Å². The molecule has 0 bridgehead atoms. The van der Waals surface area contributed by atoms with Gasteiger partial charge in [-0.25, -0.2) is 9.78 Å². The Morgan fingerprint density at radius 2 is 1.78 bits per heavy atom. The molecule has 4 rings (SSSR count). The minimum absolute atomic E-state index is 0.379. The van der Waals surface area contributed by atoms with E-state index < -0.39 is 11.2 Å². The Balaban J connectivity index is 2.10. The van der Waals surface area contributed by atoms with Crippen LogP contribution in [0.25, 0.3) is 32.9 Å². The molecule has 5 heteroatoms. The highest BCUT2D eigenvalue weighted by Gasteiger charge is 2.12. The van der Waals surface area contributed by atoms with Crippen LogP contribution >= 0.6 is 0 Å². The van der Waals surface area contributed by atoms with Gasteiger partial charge in [-0.05, 0) is 34.0 Å². The summed E-state index contributed by atoms with van der Waals surface area (Å²) in [5.41, 5.74) is 1.17. The number of fused-ring (bicyclic) bond motifs is 2. The predicted molar refractivity (Wildman–Crippen MR) is 90.5 cm³/mol. The molecule has 4 aromatic rings. The van der Waals surface area contributed by atoms with Gasteiger partial charge >= 0.3 is 5.69 Å². The smallest absolute Gasteiger partial charge is 0.281 e. The molecule has 23 heavy (non-hydrogen) atoms. The second-order valence-corrected chi connectivity index (χ2v) is 5.44. The second kappa shape index (κ2) is 4.91. The standard InChI is InChI=1S/C18H13N3O2/c1-21-16-15(17(22)20-18(21)23)14(8-9-19-16)13-7-6-11-4-2-3-5-12(11)10-13/h2-10H,1H3,(H,20,22,23). The summed E-state index contributed by atoms with van der Waals surface area (Å²) < 4.78 is 1.35. The van der Waals surface area contributed by atoms with E-state index >= 15 is 0 Å². The number of benzene rings is 2. The molecule has 0 amide bonds.